The van der Waals surface area contributed by atoms with Crippen molar-refractivity contribution in [2.24, 2.45) is 10.9 Å². The summed E-state index contributed by atoms with van der Waals surface area (Å²) in [4.78, 5) is 4.46. The van der Waals surface area contributed by atoms with E-state index in [-0.39, 0.29) is 0 Å². The first kappa shape index (κ1) is 24.1. The lowest BCUT2D eigenvalue weighted by Gasteiger charge is -2.17. The van der Waals surface area contributed by atoms with Crippen LogP contribution in [0.5, 0.6) is 0 Å². The van der Waals surface area contributed by atoms with E-state index in [1.54, 1.807) is 0 Å². The maximum absolute atomic E-state index is 4.46. The summed E-state index contributed by atoms with van der Waals surface area (Å²) < 4.78 is 4.85. The van der Waals surface area contributed by atoms with Crippen LogP contribution in [0, 0.1) is 5.92 Å². The van der Waals surface area contributed by atoms with Gasteiger partial charge < -0.3 is 4.57 Å². The number of aryl methyl sites for hydroxylation is 1. The van der Waals surface area contributed by atoms with Crippen LogP contribution in [-0.2, 0) is 12.8 Å². The molecule has 0 radical (unpaired) electrons. The fraction of sp³-hybridized carbons (Fsp3) is 0.303. The second-order valence-electron chi connectivity index (χ2n) is 9.88. The summed E-state index contributed by atoms with van der Waals surface area (Å²) >= 11 is 0. The van der Waals surface area contributed by atoms with Crippen molar-refractivity contribution in [1.82, 2.24) is 9.13 Å². The zero-order valence-corrected chi connectivity index (χ0v) is 22.1. The van der Waals surface area contributed by atoms with Gasteiger partial charge in [0.05, 0.1) is 16.6 Å². The summed E-state index contributed by atoms with van der Waals surface area (Å²) in [5.74, 6) is 1.45. The number of allylic oxidation sites excluding steroid dienone is 6. The van der Waals surface area contributed by atoms with Crippen LogP contribution in [0.1, 0.15) is 58.2 Å². The molecule has 0 saturated carbocycles. The average molecular weight is 476 g/mol. The van der Waals surface area contributed by atoms with Gasteiger partial charge in [-0.05, 0) is 81.5 Å². The van der Waals surface area contributed by atoms with Crippen LogP contribution in [0.15, 0.2) is 77.8 Å². The molecule has 0 fully saturated rings. The topological polar surface area (TPSA) is 22.2 Å². The lowest BCUT2D eigenvalue weighted by atomic mass is 9.94. The van der Waals surface area contributed by atoms with Gasteiger partial charge in [0, 0.05) is 27.5 Å². The van der Waals surface area contributed by atoms with Gasteiger partial charge in [-0.25, -0.2) is 4.99 Å². The largest absolute Gasteiger partial charge is 0.309 e. The highest BCUT2D eigenvalue weighted by molar-refractivity contribution is 6.20. The molecule has 0 spiro atoms. The molecule has 4 aromatic rings. The Morgan fingerprint density at radius 2 is 1.81 bits per heavy atom. The number of para-hydroxylation sites is 1. The second-order valence-corrected chi connectivity index (χ2v) is 9.88. The number of fused-ring (bicyclic) bond motifs is 7. The van der Waals surface area contributed by atoms with Crippen LogP contribution in [0.25, 0.3) is 44.2 Å². The monoisotopic (exact) mass is 475 g/mol. The lowest BCUT2D eigenvalue weighted by molar-refractivity contribution is 0.668. The van der Waals surface area contributed by atoms with E-state index in [9.17, 15) is 0 Å². The number of aliphatic imine (C=N–C) groups is 1. The zero-order chi connectivity index (χ0) is 25.4. The molecule has 1 unspecified atom stereocenters. The molecule has 2 aromatic heterocycles. The molecule has 36 heavy (non-hydrogen) atoms. The molecular formula is C33H37N3. The predicted molar refractivity (Wildman–Crippen MR) is 159 cm³/mol. The Hall–Kier alpha value is -3.59. The standard InChI is InChI=1S/C31H31N3.C2H6/c1-20(2)19-29(32-4)34-27-12-8-6-10-25(27)30-28(34)18-17-24-23-9-5-7-11-26(23)33(31(24)30)22-15-13-21(3)14-16-22;1-2/h5,7,9,11,13,15-19,21H,1,4,6,8,10,12,14H2,2-3H3;1-2H3/b29-19+;. The Morgan fingerprint density at radius 1 is 1.03 bits per heavy atom. The third-order valence-corrected chi connectivity index (χ3v) is 7.39. The third-order valence-electron chi connectivity index (χ3n) is 7.39. The Kier molecular flexibility index (Phi) is 6.57. The van der Waals surface area contributed by atoms with Crippen molar-refractivity contribution in [1.29, 1.82) is 0 Å². The molecule has 3 nitrogen and oxygen atoms in total. The number of aromatic nitrogens is 2. The quantitative estimate of drug-likeness (QED) is 0.207. The first-order valence-corrected chi connectivity index (χ1v) is 13.4. The first-order chi connectivity index (χ1) is 17.6. The second kappa shape index (κ2) is 9.81. The zero-order valence-electron chi connectivity index (χ0n) is 22.1. The van der Waals surface area contributed by atoms with E-state index >= 15 is 0 Å². The van der Waals surface area contributed by atoms with Crippen molar-refractivity contribution in [3.05, 3.63) is 84.1 Å². The highest BCUT2D eigenvalue weighted by Crippen LogP contribution is 2.43. The average Bonchev–Trinajstić information content (AvgIpc) is 3.42. The molecule has 0 bridgehead atoms. The number of hydrogen-bond donors (Lipinski definition) is 0. The Balaban J connectivity index is 0.00000130. The highest BCUT2D eigenvalue weighted by atomic mass is 15.1. The molecular weight excluding hydrogens is 438 g/mol. The summed E-state index contributed by atoms with van der Waals surface area (Å²) in [7, 11) is 0. The maximum Gasteiger partial charge on any atom is 0.136 e. The fourth-order valence-electron chi connectivity index (χ4n) is 5.89. The molecule has 0 N–H and O–H groups in total. The first-order valence-electron chi connectivity index (χ1n) is 13.4. The number of hydrogen-bond acceptors (Lipinski definition) is 1. The molecule has 2 heterocycles. The van der Waals surface area contributed by atoms with Gasteiger partial charge >= 0.3 is 0 Å². The molecule has 2 aliphatic rings. The van der Waals surface area contributed by atoms with Crippen LogP contribution >= 0.6 is 0 Å². The van der Waals surface area contributed by atoms with Crippen LogP contribution in [-0.4, -0.2) is 15.9 Å². The summed E-state index contributed by atoms with van der Waals surface area (Å²) in [5, 5.41) is 4.00. The van der Waals surface area contributed by atoms with Gasteiger partial charge in [0.15, 0.2) is 0 Å². The van der Waals surface area contributed by atoms with Crippen molar-refractivity contribution in [2.75, 3.05) is 0 Å². The van der Waals surface area contributed by atoms with Crippen LogP contribution in [0.2, 0.25) is 0 Å². The molecule has 0 amide bonds. The van der Waals surface area contributed by atoms with E-state index in [0.29, 0.717) is 5.92 Å². The van der Waals surface area contributed by atoms with Crippen LogP contribution in [0.4, 0.5) is 0 Å². The molecule has 0 aliphatic heterocycles. The van der Waals surface area contributed by atoms with Crippen molar-refractivity contribution in [3.63, 3.8) is 0 Å². The highest BCUT2D eigenvalue weighted by Gasteiger charge is 2.26. The van der Waals surface area contributed by atoms with E-state index < -0.39 is 0 Å². The molecule has 0 saturated heterocycles. The van der Waals surface area contributed by atoms with E-state index in [1.165, 1.54) is 62.5 Å². The van der Waals surface area contributed by atoms with E-state index in [0.717, 1.165) is 30.7 Å². The van der Waals surface area contributed by atoms with Crippen molar-refractivity contribution >= 4 is 50.9 Å². The Morgan fingerprint density at radius 3 is 2.53 bits per heavy atom. The molecule has 3 heteroatoms. The fourth-order valence-corrected chi connectivity index (χ4v) is 5.89. The molecule has 1 atom stereocenters. The number of benzene rings is 2. The van der Waals surface area contributed by atoms with Crippen molar-refractivity contribution in [3.8, 4) is 0 Å². The summed E-state index contributed by atoms with van der Waals surface area (Å²) in [6.45, 7) is 16.3. The molecule has 2 aliphatic carbocycles. The SMILES string of the molecule is C=N/C(=C\C(=C)C)n1c2c(c3c1ccc1c4ccccc4n(C4=CCC(C)C=C4)c13)CCCC2.CC. The minimum Gasteiger partial charge on any atom is -0.309 e. The van der Waals surface area contributed by atoms with E-state index in [4.69, 9.17) is 0 Å². The van der Waals surface area contributed by atoms with Crippen molar-refractivity contribution < 1.29 is 0 Å². The minimum absolute atomic E-state index is 0.583. The van der Waals surface area contributed by atoms with E-state index in [1.807, 2.05) is 20.8 Å². The van der Waals surface area contributed by atoms with Crippen molar-refractivity contribution in [2.45, 2.75) is 59.8 Å². The predicted octanol–water partition coefficient (Wildman–Crippen LogP) is 9.17. The van der Waals surface area contributed by atoms with Gasteiger partial charge in [-0.15, -0.1) is 0 Å². The molecule has 184 valence electrons. The van der Waals surface area contributed by atoms with Crippen LogP contribution in [0.3, 0.4) is 0 Å². The lowest BCUT2D eigenvalue weighted by Crippen LogP contribution is -2.07. The summed E-state index contributed by atoms with van der Waals surface area (Å²) in [5.41, 5.74) is 8.92. The van der Waals surface area contributed by atoms with Crippen LogP contribution < -0.4 is 0 Å². The Bertz CT molecular complexity index is 1580. The summed E-state index contributed by atoms with van der Waals surface area (Å²) in [6, 6.07) is 13.4. The smallest absolute Gasteiger partial charge is 0.136 e. The van der Waals surface area contributed by atoms with Gasteiger partial charge in [-0.1, -0.05) is 69.3 Å². The minimum atomic E-state index is 0.583. The number of nitrogens with zero attached hydrogens (tertiary/aromatic N) is 3. The third kappa shape index (κ3) is 3.78. The van der Waals surface area contributed by atoms with Gasteiger partial charge in [-0.3, -0.25) is 4.57 Å². The molecule has 6 rings (SSSR count). The normalized spacial score (nSPS) is 17.6. The maximum atomic E-state index is 4.46. The van der Waals surface area contributed by atoms with E-state index in [2.05, 4.69) is 95.0 Å². The number of rotatable bonds is 4. The van der Waals surface area contributed by atoms with Gasteiger partial charge in [-0.2, -0.15) is 0 Å². The summed E-state index contributed by atoms with van der Waals surface area (Å²) in [6.07, 6.45) is 14.8. The van der Waals surface area contributed by atoms with Gasteiger partial charge in [0.1, 0.15) is 5.82 Å². The molecule has 2 aromatic carbocycles. The van der Waals surface area contributed by atoms with Gasteiger partial charge in [0.2, 0.25) is 0 Å². The Labute approximate surface area is 214 Å². The van der Waals surface area contributed by atoms with Gasteiger partial charge in [0.25, 0.3) is 0 Å².